The van der Waals surface area contributed by atoms with Crippen molar-refractivity contribution in [3.05, 3.63) is 46.2 Å². The Balaban J connectivity index is 1.88. The topological polar surface area (TPSA) is 118 Å². The van der Waals surface area contributed by atoms with Gasteiger partial charge in [-0.15, -0.1) is 0 Å². The van der Waals surface area contributed by atoms with Crippen molar-refractivity contribution in [2.75, 3.05) is 17.6 Å². The normalized spacial score (nSPS) is 11.2. The summed E-state index contributed by atoms with van der Waals surface area (Å²) in [5, 5.41) is 4.94. The largest absolute Gasteiger partial charge is 0.351 e. The van der Waals surface area contributed by atoms with Gasteiger partial charge in [0.2, 0.25) is 20.9 Å². The molecule has 2 aromatic rings. The van der Waals surface area contributed by atoms with Gasteiger partial charge in [0.05, 0.1) is 17.0 Å². The van der Waals surface area contributed by atoms with E-state index in [-0.39, 0.29) is 35.3 Å². The molecule has 0 atom stereocenters. The minimum absolute atomic E-state index is 0.0459. The number of amides is 2. The van der Waals surface area contributed by atoms with Crippen molar-refractivity contribution in [3.8, 4) is 0 Å². The van der Waals surface area contributed by atoms with Crippen LogP contribution in [0, 0.1) is 13.8 Å². The van der Waals surface area contributed by atoms with Crippen LogP contribution in [0.1, 0.15) is 47.8 Å². The monoisotopic (exact) mass is 452 g/mol. The van der Waals surface area contributed by atoms with Gasteiger partial charge >= 0.3 is 0 Å². The van der Waals surface area contributed by atoms with Gasteiger partial charge in [0.1, 0.15) is 0 Å². The van der Waals surface area contributed by atoms with Crippen LogP contribution in [0.4, 0.5) is 5.69 Å². The molecular weight excluding hydrogens is 428 g/mol. The predicted molar refractivity (Wildman–Crippen MR) is 115 cm³/mol. The Kier molecular flexibility index (Phi) is 8.31. The Morgan fingerprint density at radius 3 is 2.57 bits per heavy atom. The van der Waals surface area contributed by atoms with Crippen molar-refractivity contribution in [1.29, 1.82) is 0 Å². The van der Waals surface area contributed by atoms with Gasteiger partial charge in [-0.05, 0) is 49.9 Å². The Hall–Kier alpha value is -2.52. The quantitative estimate of drug-likeness (QED) is 0.446. The van der Waals surface area contributed by atoms with Crippen molar-refractivity contribution in [1.82, 2.24) is 15.3 Å². The Labute approximate surface area is 181 Å². The van der Waals surface area contributed by atoms with E-state index in [1.54, 1.807) is 6.92 Å². The van der Waals surface area contributed by atoms with Gasteiger partial charge in [-0.3, -0.25) is 9.59 Å². The molecule has 1 aromatic heterocycles. The SMILES string of the molecule is CCCS(=O)(=O)c1ncc(Cl)c(C(=O)NCCCC(=O)Nc2ccc(C)c(C)c2)n1. The molecule has 1 aromatic carbocycles. The van der Waals surface area contributed by atoms with Crippen LogP contribution in [0.3, 0.4) is 0 Å². The second kappa shape index (κ2) is 10.5. The first-order valence-electron chi connectivity index (χ1n) is 9.54. The van der Waals surface area contributed by atoms with E-state index in [0.717, 1.165) is 23.0 Å². The first-order valence-corrected chi connectivity index (χ1v) is 11.6. The first kappa shape index (κ1) is 23.8. The Morgan fingerprint density at radius 2 is 1.90 bits per heavy atom. The molecule has 0 aliphatic rings. The lowest BCUT2D eigenvalue weighted by Crippen LogP contribution is -2.27. The summed E-state index contributed by atoms with van der Waals surface area (Å²) in [7, 11) is -3.67. The van der Waals surface area contributed by atoms with Crippen LogP contribution in [-0.4, -0.2) is 42.5 Å². The predicted octanol–water partition coefficient (Wildman–Crippen LogP) is 3.08. The standard InChI is InChI=1S/C20H25ClN4O4S/c1-4-10-30(28,29)20-23-12-16(21)18(25-20)19(27)22-9-5-6-17(26)24-15-8-7-13(2)14(3)11-15/h7-8,11-12H,4-6,9-10H2,1-3H3,(H,22,27)(H,24,26). The van der Waals surface area contributed by atoms with Crippen LogP contribution in [0.2, 0.25) is 5.02 Å². The number of anilines is 1. The molecule has 0 fully saturated rings. The summed E-state index contributed by atoms with van der Waals surface area (Å²) in [6, 6.07) is 5.67. The number of halogens is 1. The lowest BCUT2D eigenvalue weighted by molar-refractivity contribution is -0.116. The summed E-state index contributed by atoms with van der Waals surface area (Å²) in [6.45, 7) is 5.89. The number of benzene rings is 1. The van der Waals surface area contributed by atoms with Crippen molar-refractivity contribution in [2.45, 2.75) is 45.2 Å². The zero-order chi connectivity index (χ0) is 22.3. The minimum Gasteiger partial charge on any atom is -0.351 e. The van der Waals surface area contributed by atoms with Crippen molar-refractivity contribution >= 4 is 38.9 Å². The summed E-state index contributed by atoms with van der Waals surface area (Å²) in [6.07, 6.45) is 2.11. The third kappa shape index (κ3) is 6.50. The van der Waals surface area contributed by atoms with Crippen LogP contribution in [-0.2, 0) is 14.6 Å². The van der Waals surface area contributed by atoms with E-state index < -0.39 is 20.9 Å². The second-order valence-electron chi connectivity index (χ2n) is 6.87. The number of rotatable bonds is 9. The molecule has 0 spiro atoms. The number of sulfone groups is 1. The minimum atomic E-state index is -3.67. The number of nitrogens with one attached hydrogen (secondary N) is 2. The maximum Gasteiger partial charge on any atom is 0.271 e. The van der Waals surface area contributed by atoms with Gasteiger partial charge in [0.25, 0.3) is 5.91 Å². The lowest BCUT2D eigenvalue weighted by Gasteiger charge is -2.09. The summed E-state index contributed by atoms with van der Waals surface area (Å²) in [4.78, 5) is 31.9. The molecule has 0 bridgehead atoms. The Bertz CT molecular complexity index is 1040. The van der Waals surface area contributed by atoms with Gasteiger partial charge in [-0.25, -0.2) is 18.4 Å². The molecule has 0 aliphatic heterocycles. The van der Waals surface area contributed by atoms with Crippen molar-refractivity contribution in [3.63, 3.8) is 0 Å². The number of hydrogen-bond donors (Lipinski definition) is 2. The van der Waals surface area contributed by atoms with Crippen LogP contribution < -0.4 is 10.6 Å². The van der Waals surface area contributed by atoms with E-state index in [2.05, 4.69) is 20.6 Å². The zero-order valence-corrected chi connectivity index (χ0v) is 18.7. The van der Waals surface area contributed by atoms with E-state index in [9.17, 15) is 18.0 Å². The molecule has 8 nitrogen and oxygen atoms in total. The third-order valence-electron chi connectivity index (χ3n) is 4.34. The average molecular weight is 453 g/mol. The highest BCUT2D eigenvalue weighted by Gasteiger charge is 2.21. The molecule has 0 aliphatic carbocycles. The number of nitrogens with zero attached hydrogens (tertiary/aromatic N) is 2. The molecule has 0 radical (unpaired) electrons. The van der Waals surface area contributed by atoms with Crippen LogP contribution >= 0.6 is 11.6 Å². The number of aryl methyl sites for hydroxylation is 2. The highest BCUT2D eigenvalue weighted by Crippen LogP contribution is 2.16. The molecule has 2 N–H and O–H groups in total. The van der Waals surface area contributed by atoms with E-state index in [0.29, 0.717) is 12.8 Å². The number of carbonyl (C=O) groups excluding carboxylic acids is 2. The zero-order valence-electron chi connectivity index (χ0n) is 17.2. The van der Waals surface area contributed by atoms with Gasteiger partial charge in [0.15, 0.2) is 5.69 Å². The van der Waals surface area contributed by atoms with Crippen LogP contribution in [0.25, 0.3) is 0 Å². The summed E-state index contributed by atoms with van der Waals surface area (Å²) in [5.74, 6) is -0.906. The third-order valence-corrected chi connectivity index (χ3v) is 6.32. The maximum absolute atomic E-state index is 12.3. The smallest absolute Gasteiger partial charge is 0.271 e. The fourth-order valence-corrected chi connectivity index (χ4v) is 3.94. The lowest BCUT2D eigenvalue weighted by atomic mass is 10.1. The fraction of sp³-hybridized carbons (Fsp3) is 0.400. The summed E-state index contributed by atoms with van der Waals surface area (Å²) in [5.41, 5.74) is 2.74. The molecule has 30 heavy (non-hydrogen) atoms. The maximum atomic E-state index is 12.3. The molecule has 1 heterocycles. The highest BCUT2D eigenvalue weighted by molar-refractivity contribution is 7.91. The van der Waals surface area contributed by atoms with E-state index >= 15 is 0 Å². The molecule has 0 saturated heterocycles. The van der Waals surface area contributed by atoms with Crippen LogP contribution in [0.5, 0.6) is 0 Å². The van der Waals surface area contributed by atoms with Crippen molar-refractivity contribution < 1.29 is 18.0 Å². The van der Waals surface area contributed by atoms with E-state index in [4.69, 9.17) is 11.6 Å². The van der Waals surface area contributed by atoms with Gasteiger partial charge < -0.3 is 10.6 Å². The first-order chi connectivity index (χ1) is 14.1. The molecule has 2 rings (SSSR count). The molecule has 2 amide bonds. The van der Waals surface area contributed by atoms with E-state index in [1.807, 2.05) is 32.0 Å². The van der Waals surface area contributed by atoms with E-state index in [1.165, 1.54) is 0 Å². The van der Waals surface area contributed by atoms with Gasteiger partial charge in [-0.1, -0.05) is 24.6 Å². The Morgan fingerprint density at radius 1 is 1.17 bits per heavy atom. The average Bonchev–Trinajstić information content (AvgIpc) is 2.68. The molecule has 0 unspecified atom stereocenters. The number of hydrogen-bond acceptors (Lipinski definition) is 6. The van der Waals surface area contributed by atoms with Crippen molar-refractivity contribution in [2.24, 2.45) is 0 Å². The van der Waals surface area contributed by atoms with Gasteiger partial charge in [0, 0.05) is 18.7 Å². The van der Waals surface area contributed by atoms with Crippen LogP contribution in [0.15, 0.2) is 29.6 Å². The fourth-order valence-electron chi connectivity index (χ4n) is 2.60. The molecular formula is C20H25ClN4O4S. The number of aromatic nitrogens is 2. The second-order valence-corrected chi connectivity index (χ2v) is 9.28. The molecule has 10 heteroatoms. The highest BCUT2D eigenvalue weighted by atomic mass is 35.5. The van der Waals surface area contributed by atoms with Gasteiger partial charge in [-0.2, -0.15) is 0 Å². The number of carbonyl (C=O) groups is 2. The summed E-state index contributed by atoms with van der Waals surface area (Å²) < 4.78 is 24.2. The molecule has 0 saturated carbocycles. The molecule has 162 valence electrons. The summed E-state index contributed by atoms with van der Waals surface area (Å²) >= 11 is 5.95.